The Morgan fingerprint density at radius 2 is 0.718 bits per heavy atom. The van der Waals surface area contributed by atoms with Gasteiger partial charge in [0.25, 0.3) is 0 Å². The minimum absolute atomic E-state index is 0.179. The monoisotopic (exact) mass is 907 g/mol. The van der Waals surface area contributed by atoms with E-state index in [9.17, 15) is 0 Å². The third kappa shape index (κ3) is 6.58. The van der Waals surface area contributed by atoms with Gasteiger partial charge in [-0.3, -0.25) is 0 Å². The van der Waals surface area contributed by atoms with Crippen molar-refractivity contribution in [2.24, 2.45) is 0 Å². The quantitative estimate of drug-likeness (QED) is 0.160. The lowest BCUT2D eigenvalue weighted by atomic mass is 9.82. The van der Waals surface area contributed by atoms with Crippen LogP contribution in [0.25, 0.3) is 123 Å². The first-order valence-electron chi connectivity index (χ1n) is 24.3. The van der Waals surface area contributed by atoms with Crippen molar-refractivity contribution < 1.29 is 0 Å². The van der Waals surface area contributed by atoms with E-state index in [0.717, 1.165) is 50.2 Å². The van der Waals surface area contributed by atoms with E-state index in [0.29, 0.717) is 17.5 Å². The maximum atomic E-state index is 5.35. The fourth-order valence-corrected chi connectivity index (χ4v) is 11.3. The highest BCUT2D eigenvalue weighted by Gasteiger charge is 2.35. The van der Waals surface area contributed by atoms with Gasteiger partial charge in [-0.1, -0.05) is 178 Å². The van der Waals surface area contributed by atoms with Crippen LogP contribution in [0.4, 0.5) is 0 Å². The van der Waals surface area contributed by atoms with Crippen LogP contribution in [0.3, 0.4) is 0 Å². The van der Waals surface area contributed by atoms with Crippen molar-refractivity contribution in [1.82, 2.24) is 24.1 Å². The first kappa shape index (κ1) is 40.8. The second kappa shape index (κ2) is 15.9. The van der Waals surface area contributed by atoms with E-state index in [4.69, 9.17) is 15.0 Å². The van der Waals surface area contributed by atoms with Crippen molar-refractivity contribution >= 4 is 43.6 Å². The Morgan fingerprint density at radius 1 is 0.282 bits per heavy atom. The fraction of sp³-hybridized carbons (Fsp3) is 0.0455. The average Bonchev–Trinajstić information content (AvgIpc) is 4.03. The molecule has 0 bridgehead atoms. The summed E-state index contributed by atoms with van der Waals surface area (Å²) in [7, 11) is 0. The Balaban J connectivity index is 0.921. The third-order valence-electron chi connectivity index (χ3n) is 14.8. The van der Waals surface area contributed by atoms with Gasteiger partial charge in [0.15, 0.2) is 17.5 Å². The molecule has 0 N–H and O–H groups in total. The van der Waals surface area contributed by atoms with E-state index in [1.807, 2.05) is 0 Å². The number of rotatable bonds is 7. The number of hydrogen-bond acceptors (Lipinski definition) is 3. The van der Waals surface area contributed by atoms with Gasteiger partial charge in [-0.05, 0) is 117 Å². The molecule has 0 saturated heterocycles. The van der Waals surface area contributed by atoms with Crippen molar-refractivity contribution in [3.05, 3.63) is 248 Å². The molecule has 13 aromatic rings. The molecule has 5 nitrogen and oxygen atoms in total. The molecule has 14 rings (SSSR count). The molecule has 3 aromatic heterocycles. The van der Waals surface area contributed by atoms with Crippen LogP contribution in [0, 0.1) is 0 Å². The Hall–Kier alpha value is -9.19. The zero-order chi connectivity index (χ0) is 47.2. The van der Waals surface area contributed by atoms with E-state index in [1.165, 1.54) is 66.0 Å². The van der Waals surface area contributed by atoms with Gasteiger partial charge in [0, 0.05) is 55.0 Å². The van der Waals surface area contributed by atoms with Crippen LogP contribution in [0.5, 0.6) is 0 Å². The Labute approximate surface area is 411 Å². The summed E-state index contributed by atoms with van der Waals surface area (Å²) >= 11 is 0. The molecule has 3 heterocycles. The van der Waals surface area contributed by atoms with Gasteiger partial charge in [0.1, 0.15) is 0 Å². The van der Waals surface area contributed by atoms with Crippen molar-refractivity contribution in [3.63, 3.8) is 0 Å². The molecular formula is C66H45N5. The summed E-state index contributed by atoms with van der Waals surface area (Å²) < 4.78 is 4.72. The van der Waals surface area contributed by atoms with Crippen LogP contribution in [0.1, 0.15) is 25.0 Å². The summed E-state index contributed by atoms with van der Waals surface area (Å²) in [6.45, 7) is 4.63. The number of para-hydroxylation sites is 3. The number of hydrogen-bond donors (Lipinski definition) is 0. The van der Waals surface area contributed by atoms with Gasteiger partial charge in [-0.15, -0.1) is 0 Å². The lowest BCUT2D eigenvalue weighted by Gasteiger charge is -2.21. The maximum Gasteiger partial charge on any atom is 0.164 e. The third-order valence-corrected chi connectivity index (χ3v) is 14.8. The maximum absolute atomic E-state index is 5.35. The van der Waals surface area contributed by atoms with Crippen LogP contribution < -0.4 is 0 Å². The molecule has 0 aliphatic heterocycles. The Bertz CT molecular complexity index is 4260. The molecule has 0 unspecified atom stereocenters. The molecular weight excluding hydrogens is 863 g/mol. The topological polar surface area (TPSA) is 48.5 Å². The highest BCUT2D eigenvalue weighted by atomic mass is 15.0. The predicted octanol–water partition coefficient (Wildman–Crippen LogP) is 16.7. The van der Waals surface area contributed by atoms with Gasteiger partial charge in [-0.25, -0.2) is 15.0 Å². The van der Waals surface area contributed by atoms with Crippen LogP contribution in [0.2, 0.25) is 0 Å². The molecule has 10 aromatic carbocycles. The normalized spacial score (nSPS) is 12.8. The summed E-state index contributed by atoms with van der Waals surface area (Å²) in [5.41, 5.74) is 19.2. The second-order valence-electron chi connectivity index (χ2n) is 19.2. The van der Waals surface area contributed by atoms with Crippen molar-refractivity contribution in [3.8, 4) is 78.9 Å². The molecule has 0 radical (unpaired) electrons. The number of nitrogens with zero attached hydrogens (tertiary/aromatic N) is 5. The molecule has 71 heavy (non-hydrogen) atoms. The lowest BCUT2D eigenvalue weighted by molar-refractivity contribution is 0.660. The number of aromatic nitrogens is 5. The Kier molecular flexibility index (Phi) is 9.17. The van der Waals surface area contributed by atoms with E-state index < -0.39 is 0 Å². The molecule has 0 amide bonds. The van der Waals surface area contributed by atoms with Gasteiger partial charge in [-0.2, -0.15) is 0 Å². The average molecular weight is 908 g/mol. The first-order chi connectivity index (χ1) is 34.9. The summed E-state index contributed by atoms with van der Waals surface area (Å²) in [6, 6.07) is 85.0. The van der Waals surface area contributed by atoms with E-state index in [-0.39, 0.29) is 5.41 Å². The summed E-state index contributed by atoms with van der Waals surface area (Å²) in [6.07, 6.45) is 0. The standard InChI is InChI=1S/C66H45N5/c1-66(2)57-28-12-9-25-51(57)52-34-31-48(41-58(52)66)65-68-63(46-20-15-19-43(37-46)45-33-36-61-56(40-45)53-26-10-13-29-59(53)70(61)49-22-7-4-8-23-49)67-64(69-65)47-21-16-24-50(38-47)71-60-30-14-11-27-54(60)55-39-44(32-35-62(55)71)42-17-5-3-6-18-42/h3-41H,1-2H3. The molecule has 1 aliphatic carbocycles. The zero-order valence-corrected chi connectivity index (χ0v) is 39.3. The lowest BCUT2D eigenvalue weighted by Crippen LogP contribution is -2.15. The molecule has 0 spiro atoms. The van der Waals surface area contributed by atoms with Crippen LogP contribution >= 0.6 is 0 Å². The molecule has 0 fully saturated rings. The van der Waals surface area contributed by atoms with Crippen LogP contribution in [-0.2, 0) is 5.41 Å². The molecule has 0 atom stereocenters. The highest BCUT2D eigenvalue weighted by molar-refractivity contribution is 6.11. The van der Waals surface area contributed by atoms with E-state index in [2.05, 4.69) is 260 Å². The smallest absolute Gasteiger partial charge is 0.164 e. The fourth-order valence-electron chi connectivity index (χ4n) is 11.3. The van der Waals surface area contributed by atoms with Crippen LogP contribution in [-0.4, -0.2) is 24.1 Å². The summed E-state index contributed by atoms with van der Waals surface area (Å²) in [4.78, 5) is 16.0. The van der Waals surface area contributed by atoms with Gasteiger partial charge in [0.2, 0.25) is 0 Å². The highest BCUT2D eigenvalue weighted by Crippen LogP contribution is 2.49. The first-order valence-corrected chi connectivity index (χ1v) is 24.3. The molecule has 0 saturated carbocycles. The van der Waals surface area contributed by atoms with Gasteiger partial charge in [0.05, 0.1) is 22.1 Å². The molecule has 1 aliphatic rings. The number of benzene rings is 10. The number of fused-ring (bicyclic) bond motifs is 9. The summed E-state index contributed by atoms with van der Waals surface area (Å²) in [5.74, 6) is 1.87. The minimum Gasteiger partial charge on any atom is -0.309 e. The summed E-state index contributed by atoms with van der Waals surface area (Å²) in [5, 5.41) is 4.84. The molecule has 5 heteroatoms. The van der Waals surface area contributed by atoms with Gasteiger partial charge < -0.3 is 9.13 Å². The van der Waals surface area contributed by atoms with Crippen molar-refractivity contribution in [2.45, 2.75) is 19.3 Å². The van der Waals surface area contributed by atoms with Crippen molar-refractivity contribution in [2.75, 3.05) is 0 Å². The van der Waals surface area contributed by atoms with Crippen LogP contribution in [0.15, 0.2) is 237 Å². The van der Waals surface area contributed by atoms with E-state index >= 15 is 0 Å². The van der Waals surface area contributed by atoms with E-state index in [1.54, 1.807) is 0 Å². The Morgan fingerprint density at radius 3 is 1.39 bits per heavy atom. The minimum atomic E-state index is -0.179. The molecule has 334 valence electrons. The predicted molar refractivity (Wildman–Crippen MR) is 293 cm³/mol. The second-order valence-corrected chi connectivity index (χ2v) is 19.2. The van der Waals surface area contributed by atoms with Gasteiger partial charge >= 0.3 is 0 Å². The van der Waals surface area contributed by atoms with Crippen molar-refractivity contribution in [1.29, 1.82) is 0 Å². The largest absolute Gasteiger partial charge is 0.309 e. The zero-order valence-electron chi connectivity index (χ0n) is 39.3. The SMILES string of the molecule is CC1(C)c2ccccc2-c2ccc(-c3nc(-c4cccc(-c5ccc6c(c5)c5ccccc5n6-c5ccccc5)c4)nc(-c4cccc(-n5c6ccccc6c6cc(-c7ccccc7)ccc65)c4)n3)cc21.